The summed E-state index contributed by atoms with van der Waals surface area (Å²) in [5.74, 6) is 1.98. The van der Waals surface area contributed by atoms with E-state index in [1.165, 1.54) is 89.0 Å². The van der Waals surface area contributed by atoms with E-state index < -0.39 is 0 Å². The van der Waals surface area contributed by atoms with Crippen molar-refractivity contribution in [3.8, 4) is 5.75 Å². The molecular formula is C25H42N2O. The van der Waals surface area contributed by atoms with E-state index in [0.29, 0.717) is 6.04 Å². The first-order valence-electron chi connectivity index (χ1n) is 11.7. The van der Waals surface area contributed by atoms with Crippen LogP contribution in [0.1, 0.15) is 109 Å². The Labute approximate surface area is 173 Å². The molecule has 1 aromatic carbocycles. The molecule has 1 aliphatic rings. The van der Waals surface area contributed by atoms with E-state index in [9.17, 15) is 0 Å². The van der Waals surface area contributed by atoms with Crippen molar-refractivity contribution in [3.05, 3.63) is 29.8 Å². The van der Waals surface area contributed by atoms with Crippen LogP contribution in [0.5, 0.6) is 5.75 Å². The van der Waals surface area contributed by atoms with Crippen LogP contribution in [-0.2, 0) is 0 Å². The highest BCUT2D eigenvalue weighted by Gasteiger charge is 2.27. The summed E-state index contributed by atoms with van der Waals surface area (Å²) in [6, 6.07) is 9.08. The third-order valence-corrected chi connectivity index (χ3v) is 5.93. The van der Waals surface area contributed by atoms with Gasteiger partial charge in [0.1, 0.15) is 5.75 Å². The molecular weight excluding hydrogens is 344 g/mol. The Morgan fingerprint density at radius 3 is 1.89 bits per heavy atom. The monoisotopic (exact) mass is 386 g/mol. The van der Waals surface area contributed by atoms with Gasteiger partial charge in [-0.1, -0.05) is 96.1 Å². The molecule has 0 spiro atoms. The summed E-state index contributed by atoms with van der Waals surface area (Å²) in [4.78, 5) is 4.84. The van der Waals surface area contributed by atoms with Crippen LogP contribution < -0.4 is 10.1 Å². The number of rotatable bonds is 15. The molecule has 3 heteroatoms. The molecule has 0 aliphatic carbocycles. The fraction of sp³-hybridized carbons (Fsp3) is 0.720. The van der Waals surface area contributed by atoms with Crippen LogP contribution in [0.2, 0.25) is 0 Å². The molecule has 2 rings (SSSR count). The third-order valence-electron chi connectivity index (χ3n) is 5.93. The van der Waals surface area contributed by atoms with Crippen LogP contribution in [0.25, 0.3) is 0 Å². The SMILES string of the molecule is CCCCCCCCCCCCCCC1NC(C)=NC1c1ccc(OC)cc1. The van der Waals surface area contributed by atoms with Crippen LogP contribution in [0, 0.1) is 0 Å². The average Bonchev–Trinajstić information content (AvgIpc) is 3.09. The molecule has 2 atom stereocenters. The zero-order valence-electron chi connectivity index (χ0n) is 18.5. The van der Waals surface area contributed by atoms with Crippen molar-refractivity contribution >= 4 is 5.84 Å². The highest BCUT2D eigenvalue weighted by molar-refractivity contribution is 5.82. The van der Waals surface area contributed by atoms with Gasteiger partial charge in [-0.3, -0.25) is 4.99 Å². The molecule has 1 N–H and O–H groups in total. The van der Waals surface area contributed by atoms with Crippen LogP contribution >= 0.6 is 0 Å². The fourth-order valence-corrected chi connectivity index (χ4v) is 4.23. The second-order valence-corrected chi connectivity index (χ2v) is 8.36. The van der Waals surface area contributed by atoms with Gasteiger partial charge in [0.2, 0.25) is 0 Å². The summed E-state index contributed by atoms with van der Waals surface area (Å²) in [6.07, 6.45) is 18.0. The smallest absolute Gasteiger partial charge is 0.118 e. The molecule has 1 heterocycles. The van der Waals surface area contributed by atoms with Gasteiger partial charge in [0.05, 0.1) is 25.0 Å². The van der Waals surface area contributed by atoms with Crippen LogP contribution in [0.4, 0.5) is 0 Å². The normalized spacial score (nSPS) is 18.8. The number of nitrogens with one attached hydrogen (secondary N) is 1. The molecule has 158 valence electrons. The number of methoxy groups -OCH3 is 1. The molecule has 0 bridgehead atoms. The maximum Gasteiger partial charge on any atom is 0.118 e. The molecule has 0 fully saturated rings. The van der Waals surface area contributed by atoms with E-state index in [0.717, 1.165) is 11.6 Å². The van der Waals surface area contributed by atoms with Gasteiger partial charge < -0.3 is 10.1 Å². The van der Waals surface area contributed by atoms with Gasteiger partial charge in [0, 0.05) is 0 Å². The number of benzene rings is 1. The van der Waals surface area contributed by atoms with Crippen LogP contribution in [-0.4, -0.2) is 19.0 Å². The Kier molecular flexibility index (Phi) is 11.1. The zero-order valence-corrected chi connectivity index (χ0v) is 18.5. The van der Waals surface area contributed by atoms with Crippen LogP contribution in [0.15, 0.2) is 29.3 Å². The molecule has 1 aliphatic heterocycles. The Balaban J connectivity index is 1.55. The number of unbranched alkanes of at least 4 members (excludes halogenated alkanes) is 11. The van der Waals surface area contributed by atoms with Gasteiger partial charge in [-0.05, 0) is 31.0 Å². The zero-order chi connectivity index (χ0) is 20.0. The van der Waals surface area contributed by atoms with Crippen molar-refractivity contribution in [2.45, 2.75) is 109 Å². The molecule has 0 amide bonds. The number of aliphatic imine (C=N–C) groups is 1. The Morgan fingerprint density at radius 2 is 1.36 bits per heavy atom. The molecule has 3 nitrogen and oxygen atoms in total. The van der Waals surface area contributed by atoms with E-state index in [1.54, 1.807) is 7.11 Å². The minimum Gasteiger partial charge on any atom is -0.497 e. The summed E-state index contributed by atoms with van der Waals surface area (Å²) in [5, 5.41) is 3.59. The lowest BCUT2D eigenvalue weighted by molar-refractivity contribution is 0.414. The lowest BCUT2D eigenvalue weighted by Crippen LogP contribution is -2.30. The minimum absolute atomic E-state index is 0.249. The summed E-state index contributed by atoms with van der Waals surface area (Å²) < 4.78 is 5.28. The minimum atomic E-state index is 0.249. The van der Waals surface area contributed by atoms with Gasteiger partial charge in [-0.15, -0.1) is 0 Å². The van der Waals surface area contributed by atoms with Crippen molar-refractivity contribution < 1.29 is 4.74 Å². The summed E-state index contributed by atoms with van der Waals surface area (Å²) >= 11 is 0. The van der Waals surface area contributed by atoms with E-state index >= 15 is 0 Å². The average molecular weight is 387 g/mol. The van der Waals surface area contributed by atoms with E-state index in [-0.39, 0.29) is 6.04 Å². The Hall–Kier alpha value is -1.51. The number of ether oxygens (including phenoxy) is 1. The van der Waals surface area contributed by atoms with Crippen molar-refractivity contribution in [1.82, 2.24) is 5.32 Å². The quantitative estimate of drug-likeness (QED) is 0.323. The molecule has 0 radical (unpaired) electrons. The van der Waals surface area contributed by atoms with E-state index in [2.05, 4.69) is 31.3 Å². The number of hydrogen-bond donors (Lipinski definition) is 1. The standard InChI is InChI=1S/C25H42N2O/c1-4-5-6-7-8-9-10-11-12-13-14-15-16-24-25(27-21(2)26-24)22-17-19-23(28-3)20-18-22/h17-20,24-25H,4-16H2,1-3H3,(H,26,27). The second kappa shape index (κ2) is 13.6. The summed E-state index contributed by atoms with van der Waals surface area (Å²) in [7, 11) is 1.71. The second-order valence-electron chi connectivity index (χ2n) is 8.36. The highest BCUT2D eigenvalue weighted by atomic mass is 16.5. The number of hydrogen-bond acceptors (Lipinski definition) is 3. The topological polar surface area (TPSA) is 33.6 Å². The first-order chi connectivity index (χ1) is 13.7. The van der Waals surface area contributed by atoms with Gasteiger partial charge in [-0.2, -0.15) is 0 Å². The van der Waals surface area contributed by atoms with Gasteiger partial charge in [-0.25, -0.2) is 0 Å². The maximum atomic E-state index is 5.28. The van der Waals surface area contributed by atoms with E-state index in [4.69, 9.17) is 9.73 Å². The molecule has 2 unspecified atom stereocenters. The largest absolute Gasteiger partial charge is 0.497 e. The lowest BCUT2D eigenvalue weighted by Gasteiger charge is -2.19. The summed E-state index contributed by atoms with van der Waals surface area (Å²) in [5.41, 5.74) is 1.29. The molecule has 0 aromatic heterocycles. The highest BCUT2D eigenvalue weighted by Crippen LogP contribution is 2.30. The van der Waals surface area contributed by atoms with Crippen LogP contribution in [0.3, 0.4) is 0 Å². The van der Waals surface area contributed by atoms with Gasteiger partial charge >= 0.3 is 0 Å². The van der Waals surface area contributed by atoms with Crippen molar-refractivity contribution in [3.63, 3.8) is 0 Å². The third kappa shape index (κ3) is 8.24. The van der Waals surface area contributed by atoms with Crippen molar-refractivity contribution in [2.75, 3.05) is 7.11 Å². The van der Waals surface area contributed by atoms with Crippen molar-refractivity contribution in [2.24, 2.45) is 4.99 Å². The predicted octanol–water partition coefficient (Wildman–Crippen LogP) is 7.22. The maximum absolute atomic E-state index is 5.28. The lowest BCUT2D eigenvalue weighted by atomic mass is 9.95. The van der Waals surface area contributed by atoms with Crippen molar-refractivity contribution in [1.29, 1.82) is 0 Å². The molecule has 28 heavy (non-hydrogen) atoms. The van der Waals surface area contributed by atoms with E-state index in [1.807, 2.05) is 12.1 Å². The first-order valence-corrected chi connectivity index (χ1v) is 11.7. The first kappa shape index (κ1) is 22.8. The Morgan fingerprint density at radius 1 is 0.821 bits per heavy atom. The molecule has 0 saturated carbocycles. The number of amidine groups is 1. The summed E-state index contributed by atoms with van der Waals surface area (Å²) in [6.45, 7) is 4.37. The number of nitrogens with zero attached hydrogens (tertiary/aromatic N) is 1. The molecule has 0 saturated heterocycles. The Bertz CT molecular complexity index is 552. The fourth-order valence-electron chi connectivity index (χ4n) is 4.23. The van der Waals surface area contributed by atoms with Gasteiger partial charge in [0.15, 0.2) is 0 Å². The van der Waals surface area contributed by atoms with Gasteiger partial charge in [0.25, 0.3) is 0 Å². The molecule has 1 aromatic rings. The predicted molar refractivity (Wildman–Crippen MR) is 121 cm³/mol.